The first kappa shape index (κ1) is 25.7. The summed E-state index contributed by atoms with van der Waals surface area (Å²) in [5.74, 6) is 1.94. The van der Waals surface area contributed by atoms with Crippen LogP contribution in [0.3, 0.4) is 0 Å². The summed E-state index contributed by atoms with van der Waals surface area (Å²) in [4.78, 5) is 13.8. The van der Waals surface area contributed by atoms with Crippen LogP contribution in [0.4, 0.5) is 5.69 Å². The van der Waals surface area contributed by atoms with Gasteiger partial charge < -0.3 is 19.5 Å². The Morgan fingerprint density at radius 2 is 1.79 bits per heavy atom. The molecule has 0 spiro atoms. The molecule has 3 aromatic rings. The molecule has 0 amide bonds. The fourth-order valence-corrected chi connectivity index (χ4v) is 5.50. The minimum Gasteiger partial charge on any atom is -0.497 e. The van der Waals surface area contributed by atoms with Crippen molar-refractivity contribution >= 4 is 11.7 Å². The fourth-order valence-electron chi connectivity index (χ4n) is 5.50. The molecule has 38 heavy (non-hydrogen) atoms. The lowest BCUT2D eigenvalue weighted by Crippen LogP contribution is -2.35. The maximum absolute atomic E-state index is 11.4. The highest BCUT2D eigenvalue weighted by atomic mass is 16.5. The molecule has 0 bridgehead atoms. The van der Waals surface area contributed by atoms with Crippen molar-refractivity contribution in [3.63, 3.8) is 0 Å². The highest BCUT2D eigenvalue weighted by Crippen LogP contribution is 2.45. The highest BCUT2D eigenvalue weighted by molar-refractivity contribution is 5.80. The van der Waals surface area contributed by atoms with Crippen molar-refractivity contribution in [2.45, 2.75) is 38.0 Å². The molecule has 1 heterocycles. The molecule has 1 atom stereocenters. The summed E-state index contributed by atoms with van der Waals surface area (Å²) in [5.41, 5.74) is 5.09. The number of hydrogen-bond donors (Lipinski definition) is 1. The maximum atomic E-state index is 11.4. The molecule has 1 aliphatic heterocycles. The second-order valence-corrected chi connectivity index (χ2v) is 10.4. The third-order valence-corrected chi connectivity index (χ3v) is 7.84. The number of anilines is 1. The summed E-state index contributed by atoms with van der Waals surface area (Å²) in [7, 11) is 1.69. The van der Waals surface area contributed by atoms with Crippen LogP contribution in [0.15, 0.2) is 66.7 Å². The Balaban J connectivity index is 1.22. The summed E-state index contributed by atoms with van der Waals surface area (Å²) >= 11 is 0. The predicted octanol–water partition coefficient (Wildman–Crippen LogP) is 6.50. The largest absolute Gasteiger partial charge is 0.497 e. The van der Waals surface area contributed by atoms with Crippen molar-refractivity contribution in [2.24, 2.45) is 11.8 Å². The molecule has 1 unspecified atom stereocenters. The SMILES string of the molecule is COc1ccc(-c2ccc(C#N)cc2)c(N2CCC(COc3cccc(C(CC(=O)O)C4CC4)c3)CC2)c1. The summed E-state index contributed by atoms with van der Waals surface area (Å²) < 4.78 is 11.7. The first-order valence-corrected chi connectivity index (χ1v) is 13.4. The number of ether oxygens (including phenoxy) is 2. The van der Waals surface area contributed by atoms with E-state index >= 15 is 0 Å². The van der Waals surface area contributed by atoms with Crippen molar-refractivity contribution in [1.82, 2.24) is 0 Å². The van der Waals surface area contributed by atoms with E-state index in [2.05, 4.69) is 23.1 Å². The van der Waals surface area contributed by atoms with Crippen molar-refractivity contribution in [3.05, 3.63) is 77.9 Å². The molecule has 6 heteroatoms. The van der Waals surface area contributed by atoms with Gasteiger partial charge in [-0.1, -0.05) is 24.3 Å². The first-order valence-electron chi connectivity index (χ1n) is 13.4. The third kappa shape index (κ3) is 6.11. The Labute approximate surface area is 224 Å². The van der Waals surface area contributed by atoms with Gasteiger partial charge in [0, 0.05) is 30.4 Å². The van der Waals surface area contributed by atoms with E-state index < -0.39 is 5.97 Å². The van der Waals surface area contributed by atoms with E-state index in [4.69, 9.17) is 14.7 Å². The number of methoxy groups -OCH3 is 1. The molecule has 1 N–H and O–H groups in total. The quantitative estimate of drug-likeness (QED) is 0.335. The zero-order chi connectivity index (χ0) is 26.5. The van der Waals surface area contributed by atoms with Gasteiger partial charge in [-0.05, 0) is 91.0 Å². The van der Waals surface area contributed by atoms with E-state index in [0.717, 1.165) is 72.6 Å². The lowest BCUT2D eigenvalue weighted by Gasteiger charge is -2.35. The van der Waals surface area contributed by atoms with E-state index in [1.165, 1.54) is 0 Å². The van der Waals surface area contributed by atoms with Gasteiger partial charge in [0.25, 0.3) is 0 Å². The Bertz CT molecular complexity index is 1300. The lowest BCUT2D eigenvalue weighted by atomic mass is 9.91. The van der Waals surface area contributed by atoms with Gasteiger partial charge in [-0.3, -0.25) is 4.79 Å². The van der Waals surface area contributed by atoms with Crippen molar-refractivity contribution in [2.75, 3.05) is 31.7 Å². The van der Waals surface area contributed by atoms with E-state index in [1.54, 1.807) is 7.11 Å². The zero-order valence-electron chi connectivity index (χ0n) is 21.8. The first-order chi connectivity index (χ1) is 18.5. The number of carboxylic acid groups (broad SMARTS) is 1. The van der Waals surface area contributed by atoms with E-state index in [-0.39, 0.29) is 12.3 Å². The number of piperidine rings is 1. The highest BCUT2D eigenvalue weighted by Gasteiger charge is 2.34. The van der Waals surface area contributed by atoms with Crippen LogP contribution in [0.25, 0.3) is 11.1 Å². The van der Waals surface area contributed by atoms with E-state index in [1.807, 2.05) is 54.6 Å². The Kier molecular flexibility index (Phi) is 7.83. The number of nitrogens with zero attached hydrogens (tertiary/aromatic N) is 2. The molecule has 6 nitrogen and oxygen atoms in total. The average Bonchev–Trinajstić information content (AvgIpc) is 3.80. The molecule has 5 rings (SSSR count). The normalized spacial score (nSPS) is 16.5. The van der Waals surface area contributed by atoms with Crippen molar-refractivity contribution < 1.29 is 19.4 Å². The third-order valence-electron chi connectivity index (χ3n) is 7.84. The van der Waals surface area contributed by atoms with Gasteiger partial charge in [-0.25, -0.2) is 0 Å². The van der Waals surface area contributed by atoms with Crippen LogP contribution < -0.4 is 14.4 Å². The van der Waals surface area contributed by atoms with Crippen LogP contribution in [0.5, 0.6) is 11.5 Å². The lowest BCUT2D eigenvalue weighted by molar-refractivity contribution is -0.137. The van der Waals surface area contributed by atoms with Gasteiger partial charge in [-0.15, -0.1) is 0 Å². The number of carboxylic acids is 1. The van der Waals surface area contributed by atoms with Crippen molar-refractivity contribution in [1.29, 1.82) is 5.26 Å². The van der Waals surface area contributed by atoms with Gasteiger partial charge >= 0.3 is 5.97 Å². The molecular weight excluding hydrogens is 476 g/mol. The van der Waals surface area contributed by atoms with E-state index in [0.29, 0.717) is 24.0 Å². The number of carbonyl (C=O) groups is 1. The monoisotopic (exact) mass is 510 g/mol. The molecule has 2 fully saturated rings. The molecule has 196 valence electrons. The van der Waals surface area contributed by atoms with Crippen LogP contribution in [0, 0.1) is 23.2 Å². The standard InChI is InChI=1S/C32H34N2O4/c1-37-27-11-12-29(24-7-5-22(20-33)6-8-24)31(18-27)34-15-13-23(14-16-34)21-38-28-4-2-3-26(17-28)30(19-32(35)36)25-9-10-25/h2-8,11-12,17-18,23,25,30H,9-10,13-16,19,21H2,1H3,(H,35,36). The summed E-state index contributed by atoms with van der Waals surface area (Å²) in [6, 6.07) is 24.1. The topological polar surface area (TPSA) is 82.8 Å². The molecular formula is C32H34N2O4. The molecule has 0 aromatic heterocycles. The maximum Gasteiger partial charge on any atom is 0.303 e. The van der Waals surface area contributed by atoms with Crippen LogP contribution in [-0.2, 0) is 4.79 Å². The number of nitriles is 1. The Morgan fingerprint density at radius 1 is 1.03 bits per heavy atom. The molecule has 1 saturated heterocycles. The van der Waals surface area contributed by atoms with Crippen molar-refractivity contribution in [3.8, 4) is 28.7 Å². The van der Waals surface area contributed by atoms with Gasteiger partial charge in [0.05, 0.1) is 31.8 Å². The van der Waals surface area contributed by atoms with Gasteiger partial charge in [0.15, 0.2) is 0 Å². The second kappa shape index (κ2) is 11.6. The molecule has 3 aromatic carbocycles. The Morgan fingerprint density at radius 3 is 2.45 bits per heavy atom. The molecule has 1 saturated carbocycles. The zero-order valence-corrected chi connectivity index (χ0v) is 21.8. The number of rotatable bonds is 10. The number of aliphatic carboxylic acids is 1. The molecule has 2 aliphatic rings. The average molecular weight is 511 g/mol. The second-order valence-electron chi connectivity index (χ2n) is 10.4. The summed E-state index contributed by atoms with van der Waals surface area (Å²) in [6.07, 6.45) is 4.45. The molecule has 0 radical (unpaired) electrons. The Hall–Kier alpha value is -3.98. The number of benzene rings is 3. The summed E-state index contributed by atoms with van der Waals surface area (Å²) in [5, 5.41) is 18.5. The van der Waals surface area contributed by atoms with Gasteiger partial charge in [-0.2, -0.15) is 5.26 Å². The molecule has 1 aliphatic carbocycles. The summed E-state index contributed by atoms with van der Waals surface area (Å²) in [6.45, 7) is 2.50. The van der Waals surface area contributed by atoms with Crippen LogP contribution in [-0.4, -0.2) is 37.9 Å². The van der Waals surface area contributed by atoms with Crippen LogP contribution in [0.2, 0.25) is 0 Å². The van der Waals surface area contributed by atoms with Crippen LogP contribution in [0.1, 0.15) is 49.1 Å². The minimum absolute atomic E-state index is 0.0763. The number of hydrogen-bond acceptors (Lipinski definition) is 5. The predicted molar refractivity (Wildman–Crippen MR) is 148 cm³/mol. The fraction of sp³-hybridized carbons (Fsp3) is 0.375. The van der Waals surface area contributed by atoms with Gasteiger partial charge in [0.2, 0.25) is 0 Å². The minimum atomic E-state index is -0.738. The van der Waals surface area contributed by atoms with E-state index in [9.17, 15) is 9.90 Å². The van der Waals surface area contributed by atoms with Crippen LogP contribution >= 0.6 is 0 Å². The smallest absolute Gasteiger partial charge is 0.303 e. The van der Waals surface area contributed by atoms with Gasteiger partial charge in [0.1, 0.15) is 11.5 Å².